The molecule has 0 fully saturated rings. The first-order valence-electron chi connectivity index (χ1n) is 8.40. The molecule has 0 spiro atoms. The molecule has 132 valence electrons. The van der Waals surface area contributed by atoms with Crippen LogP contribution in [0.3, 0.4) is 0 Å². The lowest BCUT2D eigenvalue weighted by Crippen LogP contribution is -2.22. The number of fused-ring (bicyclic) bond motifs is 1. The number of carbonyl (C=O) groups excluding carboxylic acids is 1. The summed E-state index contributed by atoms with van der Waals surface area (Å²) in [7, 11) is 0.362. The molecule has 24 heavy (non-hydrogen) atoms. The number of carbonyl (C=O) groups is 1. The van der Waals surface area contributed by atoms with E-state index in [0.717, 1.165) is 34.7 Å². The number of hydrogen-bond donors (Lipinski definition) is 0. The average Bonchev–Trinajstić information content (AvgIpc) is 2.92. The maximum Gasteiger partial charge on any atom is 0.305 e. The summed E-state index contributed by atoms with van der Waals surface area (Å²) in [5.74, 6) is -0.181. The predicted octanol–water partition coefficient (Wildman–Crippen LogP) is 3.76. The van der Waals surface area contributed by atoms with Crippen molar-refractivity contribution in [2.24, 2.45) is 0 Å². The van der Waals surface area contributed by atoms with Gasteiger partial charge >= 0.3 is 5.97 Å². The smallest absolute Gasteiger partial charge is 0.305 e. The molecule has 0 saturated carbocycles. The third kappa shape index (κ3) is 5.45. The van der Waals surface area contributed by atoms with Gasteiger partial charge in [-0.15, -0.1) is 0 Å². The van der Waals surface area contributed by atoms with Crippen molar-refractivity contribution in [2.45, 2.75) is 52.2 Å². The third-order valence-corrected chi connectivity index (χ3v) is 5.68. The van der Waals surface area contributed by atoms with Crippen molar-refractivity contribution in [1.82, 2.24) is 9.78 Å². The summed E-state index contributed by atoms with van der Waals surface area (Å²) in [6, 6.07) is 5.34. The third-order valence-electron chi connectivity index (χ3n) is 3.97. The van der Waals surface area contributed by atoms with Crippen LogP contribution in [0, 0.1) is 6.92 Å². The van der Waals surface area contributed by atoms with Crippen LogP contribution in [0.4, 0.5) is 0 Å². The van der Waals surface area contributed by atoms with E-state index < -0.39 is 8.07 Å². The Morgan fingerprint density at radius 3 is 2.71 bits per heavy atom. The van der Waals surface area contributed by atoms with Gasteiger partial charge in [0.05, 0.1) is 12.6 Å². The van der Waals surface area contributed by atoms with Gasteiger partial charge in [0.1, 0.15) is 6.73 Å². The summed E-state index contributed by atoms with van der Waals surface area (Å²) in [5, 5.41) is 5.70. The fraction of sp³-hybridized carbons (Fsp3) is 0.556. The zero-order valence-electron chi connectivity index (χ0n) is 15.4. The van der Waals surface area contributed by atoms with Crippen molar-refractivity contribution in [2.75, 3.05) is 13.7 Å². The van der Waals surface area contributed by atoms with Gasteiger partial charge in [-0.3, -0.25) is 4.79 Å². The van der Waals surface area contributed by atoms with Crippen LogP contribution in [0.1, 0.15) is 17.5 Å². The summed E-state index contributed by atoms with van der Waals surface area (Å²) < 4.78 is 12.3. The van der Waals surface area contributed by atoms with E-state index >= 15 is 0 Å². The number of rotatable bonds is 8. The summed E-state index contributed by atoms with van der Waals surface area (Å²) in [4.78, 5) is 11.3. The molecule has 1 heterocycles. The highest BCUT2D eigenvalue weighted by atomic mass is 28.3. The molecular weight excluding hydrogens is 320 g/mol. The number of ether oxygens (including phenoxy) is 2. The monoisotopic (exact) mass is 348 g/mol. The van der Waals surface area contributed by atoms with Crippen molar-refractivity contribution in [3.05, 3.63) is 29.5 Å². The quantitative estimate of drug-likeness (QED) is 0.414. The molecule has 0 N–H and O–H groups in total. The lowest BCUT2D eigenvalue weighted by Gasteiger charge is -2.15. The molecule has 0 aliphatic rings. The summed E-state index contributed by atoms with van der Waals surface area (Å²) >= 11 is 0. The van der Waals surface area contributed by atoms with Crippen molar-refractivity contribution in [3.8, 4) is 0 Å². The first-order valence-corrected chi connectivity index (χ1v) is 12.1. The molecule has 0 saturated heterocycles. The van der Waals surface area contributed by atoms with Crippen LogP contribution >= 0.6 is 0 Å². The fourth-order valence-corrected chi connectivity index (χ4v) is 3.29. The minimum Gasteiger partial charge on any atom is -0.469 e. The molecule has 0 unspecified atom stereocenters. The molecule has 0 atom stereocenters. The van der Waals surface area contributed by atoms with Crippen molar-refractivity contribution in [3.63, 3.8) is 0 Å². The van der Waals surface area contributed by atoms with Crippen LogP contribution in [0.5, 0.6) is 0 Å². The van der Waals surface area contributed by atoms with E-state index in [4.69, 9.17) is 9.47 Å². The lowest BCUT2D eigenvalue weighted by atomic mass is 10.0. The SMILES string of the molecule is COC(=O)CCc1cc(C)c2nn(COCC[Si](C)(C)C)cc2c1. The van der Waals surface area contributed by atoms with Crippen LogP contribution < -0.4 is 0 Å². The van der Waals surface area contributed by atoms with Crippen LogP contribution in [-0.4, -0.2) is 37.5 Å². The van der Waals surface area contributed by atoms with Crippen LogP contribution in [-0.2, 0) is 27.4 Å². The van der Waals surface area contributed by atoms with Crippen molar-refractivity contribution in [1.29, 1.82) is 0 Å². The largest absolute Gasteiger partial charge is 0.469 e. The first kappa shape index (κ1) is 18.7. The number of hydrogen-bond acceptors (Lipinski definition) is 4. The molecule has 2 rings (SSSR count). The van der Waals surface area contributed by atoms with Gasteiger partial charge in [0.2, 0.25) is 0 Å². The predicted molar refractivity (Wildman–Crippen MR) is 98.9 cm³/mol. The van der Waals surface area contributed by atoms with E-state index in [0.29, 0.717) is 19.6 Å². The van der Waals surface area contributed by atoms with Gasteiger partial charge in [0, 0.05) is 32.7 Å². The molecular formula is C18H28N2O3Si. The number of aromatic nitrogens is 2. The highest BCUT2D eigenvalue weighted by Crippen LogP contribution is 2.20. The fourth-order valence-electron chi connectivity index (χ4n) is 2.53. The minimum atomic E-state index is -1.06. The van der Waals surface area contributed by atoms with Gasteiger partial charge in [-0.2, -0.15) is 5.10 Å². The molecule has 1 aromatic heterocycles. The Kier molecular flexibility index (Phi) is 6.18. The molecule has 6 heteroatoms. The second-order valence-corrected chi connectivity index (χ2v) is 13.1. The normalized spacial score (nSPS) is 11.9. The molecule has 0 amide bonds. The molecule has 0 bridgehead atoms. The van der Waals surface area contributed by atoms with E-state index in [1.807, 2.05) is 17.8 Å². The zero-order chi connectivity index (χ0) is 17.7. The summed E-state index contributed by atoms with van der Waals surface area (Å²) in [5.41, 5.74) is 3.24. The van der Waals surface area contributed by atoms with Gasteiger partial charge < -0.3 is 9.47 Å². The molecule has 5 nitrogen and oxygen atoms in total. The highest BCUT2D eigenvalue weighted by molar-refractivity contribution is 6.76. The Bertz CT molecular complexity index is 704. The molecule has 0 radical (unpaired) electrons. The maximum absolute atomic E-state index is 11.3. The molecule has 0 aliphatic heterocycles. The number of nitrogens with zero attached hydrogens (tertiary/aromatic N) is 2. The Morgan fingerprint density at radius 2 is 2.04 bits per heavy atom. The number of esters is 1. The number of aryl methyl sites for hydroxylation is 2. The number of methoxy groups -OCH3 is 1. The topological polar surface area (TPSA) is 53.3 Å². The van der Waals surface area contributed by atoms with E-state index in [1.165, 1.54) is 7.11 Å². The minimum absolute atomic E-state index is 0.181. The number of benzene rings is 1. The van der Waals surface area contributed by atoms with Crippen LogP contribution in [0.15, 0.2) is 18.3 Å². The van der Waals surface area contributed by atoms with Crippen LogP contribution in [0.2, 0.25) is 25.7 Å². The first-order chi connectivity index (χ1) is 11.3. The van der Waals surface area contributed by atoms with E-state index in [9.17, 15) is 4.79 Å². The molecule has 0 aliphatic carbocycles. The van der Waals surface area contributed by atoms with Gasteiger partial charge in [-0.25, -0.2) is 4.68 Å². The van der Waals surface area contributed by atoms with E-state index in [1.54, 1.807) is 0 Å². The van der Waals surface area contributed by atoms with Crippen molar-refractivity contribution < 1.29 is 14.3 Å². The highest BCUT2D eigenvalue weighted by Gasteiger charge is 2.12. The summed E-state index contributed by atoms with van der Waals surface area (Å²) in [6.07, 6.45) is 3.09. The van der Waals surface area contributed by atoms with Gasteiger partial charge in [0.25, 0.3) is 0 Å². The Morgan fingerprint density at radius 1 is 1.29 bits per heavy atom. The average molecular weight is 349 g/mol. The van der Waals surface area contributed by atoms with E-state index in [2.05, 4.69) is 36.9 Å². The Balaban J connectivity index is 2.01. The van der Waals surface area contributed by atoms with Gasteiger partial charge in [-0.1, -0.05) is 25.7 Å². The van der Waals surface area contributed by atoms with E-state index in [-0.39, 0.29) is 5.97 Å². The maximum atomic E-state index is 11.3. The molecule has 2 aromatic rings. The lowest BCUT2D eigenvalue weighted by molar-refractivity contribution is -0.140. The summed E-state index contributed by atoms with van der Waals surface area (Å²) in [6.45, 7) is 10.4. The Hall–Kier alpha value is -1.66. The Labute approximate surface area is 145 Å². The van der Waals surface area contributed by atoms with Gasteiger partial charge in [-0.05, 0) is 36.6 Å². The second kappa shape index (κ2) is 7.94. The van der Waals surface area contributed by atoms with Crippen LogP contribution in [0.25, 0.3) is 10.9 Å². The van der Waals surface area contributed by atoms with Crippen molar-refractivity contribution >= 4 is 24.9 Å². The van der Waals surface area contributed by atoms with Gasteiger partial charge in [0.15, 0.2) is 0 Å². The standard InChI is InChI=1S/C18H28N2O3Si/c1-14-10-15(6-7-17(21)22-2)11-16-12-20(19-18(14)16)13-23-8-9-24(3,4)5/h10-12H,6-9,13H2,1-5H3. The molecule has 1 aromatic carbocycles. The second-order valence-electron chi connectivity index (χ2n) is 7.44. The zero-order valence-corrected chi connectivity index (χ0v) is 16.4.